The summed E-state index contributed by atoms with van der Waals surface area (Å²) in [4.78, 5) is 25.3. The molecule has 1 aliphatic heterocycles. The van der Waals surface area contributed by atoms with Gasteiger partial charge in [0.25, 0.3) is 0 Å². The van der Waals surface area contributed by atoms with E-state index < -0.39 is 16.8 Å². The van der Waals surface area contributed by atoms with Gasteiger partial charge in [-0.05, 0) is 30.0 Å². The molecule has 0 aromatic heterocycles. The van der Waals surface area contributed by atoms with Crippen molar-refractivity contribution in [3.63, 3.8) is 0 Å². The number of hydrogen-bond acceptors (Lipinski definition) is 5. The van der Waals surface area contributed by atoms with Crippen LogP contribution in [0.5, 0.6) is 0 Å². The minimum Gasteiger partial charge on any atom is -0.468 e. The number of carbonyl (C=O) groups excluding carboxylic acids is 2. The number of methoxy groups -OCH3 is 2. The van der Waals surface area contributed by atoms with Gasteiger partial charge in [0.2, 0.25) is 0 Å². The number of benzene rings is 1. The standard InChI is InChI=1S/C19H20O5/c1-18-9-12-15(24-12)19(2,17(21)23-4)14(18)13(16(20)22-3)10-7-5-6-8-11(10)18/h5-8,12,15H,9H2,1-4H3. The lowest BCUT2D eigenvalue weighted by atomic mass is 9.59. The highest BCUT2D eigenvalue weighted by molar-refractivity contribution is 6.21. The summed E-state index contributed by atoms with van der Waals surface area (Å²) < 4.78 is 16.0. The third-order valence-electron chi connectivity index (χ3n) is 5.87. The summed E-state index contributed by atoms with van der Waals surface area (Å²) in [5.74, 6) is -0.791. The smallest absolute Gasteiger partial charge is 0.338 e. The van der Waals surface area contributed by atoms with Gasteiger partial charge in [0, 0.05) is 5.41 Å². The Morgan fingerprint density at radius 2 is 1.88 bits per heavy atom. The van der Waals surface area contributed by atoms with E-state index in [1.165, 1.54) is 14.2 Å². The summed E-state index contributed by atoms with van der Waals surface area (Å²) in [6.45, 7) is 3.90. The molecule has 4 unspecified atom stereocenters. The van der Waals surface area contributed by atoms with Crippen LogP contribution in [0, 0.1) is 5.41 Å². The van der Waals surface area contributed by atoms with Crippen LogP contribution >= 0.6 is 0 Å². The van der Waals surface area contributed by atoms with E-state index in [-0.39, 0.29) is 18.2 Å². The Balaban J connectivity index is 2.05. The molecule has 3 aliphatic rings. The average Bonchev–Trinajstić information content (AvgIpc) is 3.31. The molecule has 0 spiro atoms. The maximum absolute atomic E-state index is 12.7. The first-order chi connectivity index (χ1) is 11.4. The first kappa shape index (κ1) is 15.4. The largest absolute Gasteiger partial charge is 0.468 e. The average molecular weight is 328 g/mol. The maximum atomic E-state index is 12.7. The Labute approximate surface area is 140 Å². The van der Waals surface area contributed by atoms with E-state index in [9.17, 15) is 9.59 Å². The van der Waals surface area contributed by atoms with E-state index in [4.69, 9.17) is 14.2 Å². The summed E-state index contributed by atoms with van der Waals surface area (Å²) in [6.07, 6.45) is 0.506. The van der Waals surface area contributed by atoms with E-state index in [0.717, 1.165) is 23.1 Å². The van der Waals surface area contributed by atoms with Crippen LogP contribution in [0.25, 0.3) is 5.57 Å². The molecule has 0 N–H and O–H groups in total. The van der Waals surface area contributed by atoms with Crippen LogP contribution in [0.3, 0.4) is 0 Å². The second-order valence-corrected chi connectivity index (χ2v) is 7.11. The zero-order chi connectivity index (χ0) is 17.3. The molecule has 24 heavy (non-hydrogen) atoms. The fourth-order valence-electron chi connectivity index (χ4n) is 4.87. The molecule has 1 aromatic rings. The second kappa shape index (κ2) is 4.70. The molecule has 4 rings (SSSR count). The first-order valence-corrected chi connectivity index (χ1v) is 8.07. The van der Waals surface area contributed by atoms with Crippen LogP contribution < -0.4 is 0 Å². The molecule has 2 aliphatic carbocycles. The van der Waals surface area contributed by atoms with E-state index >= 15 is 0 Å². The van der Waals surface area contributed by atoms with Crippen LogP contribution in [0.4, 0.5) is 0 Å². The summed E-state index contributed by atoms with van der Waals surface area (Å²) in [5, 5.41) is 0. The Hall–Kier alpha value is -2.14. The molecule has 1 heterocycles. The zero-order valence-electron chi connectivity index (χ0n) is 14.2. The molecule has 0 radical (unpaired) electrons. The molecule has 5 heteroatoms. The minimum absolute atomic E-state index is 0.00732. The predicted octanol–water partition coefficient (Wildman–Crippen LogP) is 2.23. The van der Waals surface area contributed by atoms with E-state index in [2.05, 4.69) is 6.92 Å². The van der Waals surface area contributed by atoms with Gasteiger partial charge in [-0.3, -0.25) is 4.79 Å². The lowest BCUT2D eigenvalue weighted by molar-refractivity contribution is -0.151. The maximum Gasteiger partial charge on any atom is 0.338 e. The van der Waals surface area contributed by atoms with Gasteiger partial charge in [0.1, 0.15) is 11.5 Å². The van der Waals surface area contributed by atoms with Crippen molar-refractivity contribution in [2.75, 3.05) is 14.2 Å². The van der Waals surface area contributed by atoms with Crippen LogP contribution in [0.15, 0.2) is 29.8 Å². The zero-order valence-corrected chi connectivity index (χ0v) is 14.2. The number of fused-ring (bicyclic) bond motifs is 4. The van der Waals surface area contributed by atoms with E-state index in [1.807, 2.05) is 31.2 Å². The van der Waals surface area contributed by atoms with Crippen LogP contribution in [-0.2, 0) is 29.2 Å². The van der Waals surface area contributed by atoms with E-state index in [0.29, 0.717) is 5.57 Å². The van der Waals surface area contributed by atoms with Crippen LogP contribution in [-0.4, -0.2) is 38.4 Å². The van der Waals surface area contributed by atoms with E-state index in [1.54, 1.807) is 0 Å². The molecule has 126 valence electrons. The van der Waals surface area contributed by atoms with Gasteiger partial charge in [-0.25, -0.2) is 4.79 Å². The fourth-order valence-corrected chi connectivity index (χ4v) is 4.87. The molecule has 2 fully saturated rings. The van der Waals surface area contributed by atoms with Crippen molar-refractivity contribution in [3.8, 4) is 0 Å². The topological polar surface area (TPSA) is 65.1 Å². The SMILES string of the molecule is COC(=O)C1=C2C(C)(CC3OC3C2(C)C(=O)OC)c2ccccc21. The number of hydrogen-bond donors (Lipinski definition) is 0. The molecule has 5 nitrogen and oxygen atoms in total. The summed E-state index contributed by atoms with van der Waals surface area (Å²) >= 11 is 0. The fraction of sp³-hybridized carbons (Fsp3) is 0.474. The summed E-state index contributed by atoms with van der Waals surface area (Å²) in [5.41, 5.74) is 1.71. The quantitative estimate of drug-likeness (QED) is 0.615. The highest BCUT2D eigenvalue weighted by Gasteiger charge is 2.70. The molecular formula is C19H20O5. The lowest BCUT2D eigenvalue weighted by Gasteiger charge is -2.41. The predicted molar refractivity (Wildman–Crippen MR) is 86.1 cm³/mol. The van der Waals surface area contributed by atoms with Gasteiger partial charge in [0.05, 0.1) is 25.9 Å². The minimum atomic E-state index is -0.991. The van der Waals surface area contributed by atoms with Crippen LogP contribution in [0.1, 0.15) is 31.4 Å². The molecule has 4 atom stereocenters. The number of ether oxygens (including phenoxy) is 3. The second-order valence-electron chi connectivity index (χ2n) is 7.11. The third-order valence-corrected chi connectivity index (χ3v) is 5.87. The summed E-state index contributed by atoms with van der Waals surface area (Å²) in [6, 6.07) is 7.79. The molecule has 1 aromatic carbocycles. The normalized spacial score (nSPS) is 35.7. The van der Waals surface area contributed by atoms with Gasteiger partial charge >= 0.3 is 11.9 Å². The van der Waals surface area contributed by atoms with Gasteiger partial charge < -0.3 is 14.2 Å². The van der Waals surface area contributed by atoms with Crippen molar-refractivity contribution in [2.24, 2.45) is 5.41 Å². The van der Waals surface area contributed by atoms with Gasteiger partial charge in [-0.1, -0.05) is 31.2 Å². The Kier molecular flexibility index (Phi) is 3.01. The molecule has 1 saturated carbocycles. The van der Waals surface area contributed by atoms with Crippen molar-refractivity contribution in [1.29, 1.82) is 0 Å². The van der Waals surface area contributed by atoms with Crippen LogP contribution in [0.2, 0.25) is 0 Å². The monoisotopic (exact) mass is 328 g/mol. The van der Waals surface area contributed by atoms with Gasteiger partial charge in [-0.15, -0.1) is 0 Å². The van der Waals surface area contributed by atoms with Crippen molar-refractivity contribution in [2.45, 2.75) is 37.9 Å². The van der Waals surface area contributed by atoms with Gasteiger partial charge in [-0.2, -0.15) is 0 Å². The van der Waals surface area contributed by atoms with Crippen molar-refractivity contribution in [3.05, 3.63) is 41.0 Å². The number of epoxide rings is 1. The Morgan fingerprint density at radius 3 is 2.54 bits per heavy atom. The third kappa shape index (κ3) is 1.63. The number of rotatable bonds is 2. The lowest BCUT2D eigenvalue weighted by Crippen LogP contribution is -2.48. The molecular weight excluding hydrogens is 308 g/mol. The van der Waals surface area contributed by atoms with Crippen molar-refractivity contribution in [1.82, 2.24) is 0 Å². The van der Waals surface area contributed by atoms with Crippen molar-refractivity contribution < 1.29 is 23.8 Å². The van der Waals surface area contributed by atoms with Gasteiger partial charge in [0.15, 0.2) is 0 Å². The Bertz CT molecular complexity index is 795. The highest BCUT2D eigenvalue weighted by Crippen LogP contribution is 2.65. The molecule has 0 amide bonds. The number of carbonyl (C=O) groups is 2. The Morgan fingerprint density at radius 1 is 1.17 bits per heavy atom. The summed E-state index contributed by atoms with van der Waals surface area (Å²) in [7, 11) is 2.74. The van der Waals surface area contributed by atoms with Crippen molar-refractivity contribution >= 4 is 17.5 Å². The highest BCUT2D eigenvalue weighted by atomic mass is 16.6. The number of esters is 2. The first-order valence-electron chi connectivity index (χ1n) is 8.07. The molecule has 0 bridgehead atoms. The molecule has 1 saturated heterocycles.